The fraction of sp³-hybridized carbons (Fsp3) is 0.300. The molecule has 1 aromatic heterocycles. The number of carbonyl (C=O) groups is 1. The Bertz CT molecular complexity index is 1070. The van der Waals surface area contributed by atoms with Gasteiger partial charge in [-0.25, -0.2) is 0 Å². The maximum absolute atomic E-state index is 12.9. The Morgan fingerprint density at radius 1 is 1.21 bits per heavy atom. The summed E-state index contributed by atoms with van der Waals surface area (Å²) in [6.45, 7) is 5.36. The van der Waals surface area contributed by atoms with Gasteiger partial charge < -0.3 is 9.30 Å². The maximum Gasteiger partial charge on any atom is 0.416 e. The van der Waals surface area contributed by atoms with Gasteiger partial charge in [0.25, 0.3) is 5.91 Å². The van der Waals surface area contributed by atoms with E-state index in [1.807, 2.05) is 36.6 Å². The number of alkyl halides is 3. The molecule has 1 amide bonds. The normalized spacial score (nSPS) is 12.7. The van der Waals surface area contributed by atoms with Gasteiger partial charge in [-0.15, -0.1) is 0 Å². The Morgan fingerprint density at radius 3 is 2.68 bits per heavy atom. The Morgan fingerprint density at radius 2 is 1.96 bits per heavy atom. The number of hydrogen-bond donors (Lipinski definition) is 0. The van der Waals surface area contributed by atoms with Crippen LogP contribution >= 0.6 is 11.3 Å². The molecule has 28 heavy (non-hydrogen) atoms. The number of amides is 1. The minimum Gasteiger partial charge on any atom is -0.380 e. The van der Waals surface area contributed by atoms with E-state index in [-0.39, 0.29) is 5.56 Å². The standard InChI is InChI=1S/C20H19F3N2O2S/c1-3-27-11-10-25-17-13(2)6-4-9-16(17)28-19(25)24-18(26)14-7-5-8-15(12-14)20(21,22)23/h4-9,12H,3,10-11H2,1-2H3. The smallest absolute Gasteiger partial charge is 0.380 e. The molecule has 0 spiro atoms. The van der Waals surface area contributed by atoms with Gasteiger partial charge in [0.2, 0.25) is 0 Å². The molecule has 0 fully saturated rings. The van der Waals surface area contributed by atoms with E-state index in [0.717, 1.165) is 27.9 Å². The average Bonchev–Trinajstić information content (AvgIpc) is 3.00. The molecule has 0 aliphatic rings. The summed E-state index contributed by atoms with van der Waals surface area (Å²) in [5.41, 5.74) is 1.01. The molecule has 1 heterocycles. The van der Waals surface area contributed by atoms with Gasteiger partial charge >= 0.3 is 6.18 Å². The summed E-state index contributed by atoms with van der Waals surface area (Å²) in [5.74, 6) is -0.708. The van der Waals surface area contributed by atoms with Gasteiger partial charge in [0, 0.05) is 18.7 Å². The molecule has 2 aromatic carbocycles. The molecule has 0 saturated heterocycles. The van der Waals surface area contributed by atoms with Crippen LogP contribution in [0.5, 0.6) is 0 Å². The quantitative estimate of drug-likeness (QED) is 0.569. The summed E-state index contributed by atoms with van der Waals surface area (Å²) in [4.78, 5) is 17.1. The first kappa shape index (κ1) is 20.3. The van der Waals surface area contributed by atoms with Crippen molar-refractivity contribution in [3.63, 3.8) is 0 Å². The van der Waals surface area contributed by atoms with Gasteiger partial charge in [0.15, 0.2) is 4.80 Å². The van der Waals surface area contributed by atoms with E-state index in [4.69, 9.17) is 4.74 Å². The van der Waals surface area contributed by atoms with Crippen molar-refractivity contribution in [3.05, 3.63) is 64.0 Å². The van der Waals surface area contributed by atoms with Gasteiger partial charge in [-0.2, -0.15) is 18.2 Å². The highest BCUT2D eigenvalue weighted by Gasteiger charge is 2.30. The van der Waals surface area contributed by atoms with Gasteiger partial charge in [-0.3, -0.25) is 4.79 Å². The lowest BCUT2D eigenvalue weighted by atomic mass is 10.1. The molecule has 0 N–H and O–H groups in total. The molecule has 4 nitrogen and oxygen atoms in total. The van der Waals surface area contributed by atoms with Gasteiger partial charge in [0.1, 0.15) is 0 Å². The van der Waals surface area contributed by atoms with Crippen molar-refractivity contribution < 1.29 is 22.7 Å². The van der Waals surface area contributed by atoms with Crippen molar-refractivity contribution in [2.75, 3.05) is 13.2 Å². The fourth-order valence-corrected chi connectivity index (χ4v) is 4.01. The third-order valence-corrected chi connectivity index (χ3v) is 5.24. The number of para-hydroxylation sites is 1. The molecule has 8 heteroatoms. The average molecular weight is 408 g/mol. The number of halogens is 3. The number of fused-ring (bicyclic) bond motifs is 1. The highest BCUT2D eigenvalue weighted by Crippen LogP contribution is 2.29. The topological polar surface area (TPSA) is 43.6 Å². The number of aryl methyl sites for hydroxylation is 1. The van der Waals surface area contributed by atoms with E-state index in [1.54, 1.807) is 0 Å². The van der Waals surface area contributed by atoms with Crippen LogP contribution in [0.15, 0.2) is 47.5 Å². The number of nitrogens with zero attached hydrogens (tertiary/aromatic N) is 2. The highest BCUT2D eigenvalue weighted by atomic mass is 32.1. The molecule has 0 radical (unpaired) electrons. The summed E-state index contributed by atoms with van der Waals surface area (Å²) in [5, 5.41) is 0. The van der Waals surface area contributed by atoms with E-state index < -0.39 is 17.6 Å². The van der Waals surface area contributed by atoms with E-state index in [1.165, 1.54) is 23.5 Å². The SMILES string of the molecule is CCOCCn1c(=NC(=O)c2cccc(C(F)(F)F)c2)sc2cccc(C)c21. The molecule has 148 valence electrons. The Labute approximate surface area is 163 Å². The van der Waals surface area contributed by atoms with E-state index in [0.29, 0.717) is 24.6 Å². The summed E-state index contributed by atoms with van der Waals surface area (Å²) in [7, 11) is 0. The number of hydrogen-bond acceptors (Lipinski definition) is 3. The molecular weight excluding hydrogens is 389 g/mol. The van der Waals surface area contributed by atoms with Crippen LogP contribution in [-0.2, 0) is 17.5 Å². The largest absolute Gasteiger partial charge is 0.416 e. The van der Waals surface area contributed by atoms with Crippen LogP contribution in [0, 0.1) is 6.92 Å². The summed E-state index contributed by atoms with van der Waals surface area (Å²) >= 11 is 1.33. The van der Waals surface area contributed by atoms with E-state index >= 15 is 0 Å². The van der Waals surface area contributed by atoms with Gasteiger partial charge in [-0.05, 0) is 43.7 Å². The third-order valence-electron chi connectivity index (χ3n) is 4.20. The number of carbonyl (C=O) groups excluding carboxylic acids is 1. The molecular formula is C20H19F3N2O2S. The predicted octanol–water partition coefficient (Wildman–Crippen LogP) is 4.81. The lowest BCUT2D eigenvalue weighted by Gasteiger charge is -2.08. The third kappa shape index (κ3) is 4.34. The molecule has 0 aliphatic carbocycles. The van der Waals surface area contributed by atoms with Crippen LogP contribution in [0.2, 0.25) is 0 Å². The first-order valence-corrected chi connectivity index (χ1v) is 9.56. The van der Waals surface area contributed by atoms with Crippen molar-refractivity contribution in [1.29, 1.82) is 0 Å². The zero-order valence-electron chi connectivity index (χ0n) is 15.4. The summed E-state index contributed by atoms with van der Waals surface area (Å²) in [6, 6.07) is 10.1. The Balaban J connectivity index is 2.07. The van der Waals surface area contributed by atoms with Crippen LogP contribution in [0.4, 0.5) is 13.2 Å². The van der Waals surface area contributed by atoms with Crippen LogP contribution in [0.1, 0.15) is 28.4 Å². The minimum absolute atomic E-state index is 0.0969. The van der Waals surface area contributed by atoms with Crippen molar-refractivity contribution in [3.8, 4) is 0 Å². The second-order valence-corrected chi connectivity index (χ2v) is 7.16. The predicted molar refractivity (Wildman–Crippen MR) is 102 cm³/mol. The first-order valence-electron chi connectivity index (χ1n) is 8.74. The zero-order valence-corrected chi connectivity index (χ0v) is 16.2. The van der Waals surface area contributed by atoms with Crippen molar-refractivity contribution in [1.82, 2.24) is 4.57 Å². The fourth-order valence-electron chi connectivity index (χ4n) is 2.88. The number of aromatic nitrogens is 1. The van der Waals surface area contributed by atoms with Crippen LogP contribution in [0.3, 0.4) is 0 Å². The Kier molecular flexibility index (Phi) is 6.00. The molecule has 0 bridgehead atoms. The van der Waals surface area contributed by atoms with Crippen LogP contribution < -0.4 is 4.80 Å². The van der Waals surface area contributed by atoms with Crippen LogP contribution in [0.25, 0.3) is 10.2 Å². The van der Waals surface area contributed by atoms with Gasteiger partial charge in [-0.1, -0.05) is 29.5 Å². The summed E-state index contributed by atoms with van der Waals surface area (Å²) < 4.78 is 47.0. The lowest BCUT2D eigenvalue weighted by Crippen LogP contribution is -2.20. The van der Waals surface area contributed by atoms with Crippen molar-refractivity contribution >= 4 is 27.5 Å². The van der Waals surface area contributed by atoms with Gasteiger partial charge in [0.05, 0.1) is 22.4 Å². The second kappa shape index (κ2) is 8.28. The lowest BCUT2D eigenvalue weighted by molar-refractivity contribution is -0.137. The number of thiazole rings is 1. The number of ether oxygens (including phenoxy) is 1. The molecule has 3 aromatic rings. The minimum atomic E-state index is -4.51. The molecule has 0 saturated carbocycles. The Hall–Kier alpha value is -2.45. The highest BCUT2D eigenvalue weighted by molar-refractivity contribution is 7.16. The number of benzene rings is 2. The second-order valence-electron chi connectivity index (χ2n) is 6.15. The monoisotopic (exact) mass is 408 g/mol. The molecule has 0 aliphatic heterocycles. The number of rotatable bonds is 5. The first-order chi connectivity index (χ1) is 13.3. The van der Waals surface area contributed by atoms with Crippen molar-refractivity contribution in [2.24, 2.45) is 4.99 Å². The summed E-state index contributed by atoms with van der Waals surface area (Å²) in [6.07, 6.45) is -4.51. The van der Waals surface area contributed by atoms with E-state index in [9.17, 15) is 18.0 Å². The molecule has 3 rings (SSSR count). The molecule has 0 unspecified atom stereocenters. The van der Waals surface area contributed by atoms with E-state index in [2.05, 4.69) is 4.99 Å². The van der Waals surface area contributed by atoms with Crippen molar-refractivity contribution in [2.45, 2.75) is 26.6 Å². The molecule has 0 atom stereocenters. The maximum atomic E-state index is 12.9. The zero-order chi connectivity index (χ0) is 20.3. The van der Waals surface area contributed by atoms with Crippen LogP contribution in [-0.4, -0.2) is 23.7 Å².